The van der Waals surface area contributed by atoms with Gasteiger partial charge in [0.05, 0.1) is 12.3 Å². The lowest BCUT2D eigenvalue weighted by atomic mass is 9.88. The Balaban J connectivity index is 3.15. The molecule has 4 heteroatoms. The van der Waals surface area contributed by atoms with Crippen LogP contribution in [0.25, 0.3) is 0 Å². The van der Waals surface area contributed by atoms with E-state index in [4.69, 9.17) is 4.74 Å². The predicted molar refractivity (Wildman–Crippen MR) is 73.9 cm³/mol. The summed E-state index contributed by atoms with van der Waals surface area (Å²) >= 11 is 3.67. The number of halogens is 1. The normalized spacial score (nSPS) is 14.8. The van der Waals surface area contributed by atoms with Crippen LogP contribution in [0.4, 0.5) is 0 Å². The average Bonchev–Trinajstić information content (AvgIpc) is 2.23. The van der Waals surface area contributed by atoms with Crippen LogP contribution in [-0.4, -0.2) is 21.4 Å². The largest absolute Gasteiger partial charge is 0.478 e. The van der Waals surface area contributed by atoms with Crippen molar-refractivity contribution in [2.45, 2.75) is 45.4 Å². The summed E-state index contributed by atoms with van der Waals surface area (Å²) < 4.78 is 5.52. The smallest absolute Gasteiger partial charge is 0.219 e. The first-order valence-corrected chi connectivity index (χ1v) is 6.98. The summed E-state index contributed by atoms with van der Waals surface area (Å²) in [6.07, 6.45) is 1.60. The lowest BCUT2D eigenvalue weighted by Crippen LogP contribution is -2.19. The molecule has 0 N–H and O–H groups in total. The average molecular weight is 301 g/mol. The number of ether oxygens (including phenoxy) is 1. The van der Waals surface area contributed by atoms with Crippen LogP contribution in [0.15, 0.2) is 6.33 Å². The van der Waals surface area contributed by atoms with E-state index in [1.165, 1.54) is 0 Å². The minimum absolute atomic E-state index is 0.372. The molecule has 0 amide bonds. The standard InChI is InChI=1S/C13H21BrN2O/c1-6-17-13-9(4)12(15-7-16-13)11(8(2)3)10(5)14/h7-8,10-11H,6H2,1-5H3. The monoisotopic (exact) mass is 300 g/mol. The van der Waals surface area contributed by atoms with E-state index in [2.05, 4.69) is 46.7 Å². The third-order valence-corrected chi connectivity index (χ3v) is 3.46. The Hall–Kier alpha value is -0.640. The van der Waals surface area contributed by atoms with Gasteiger partial charge in [0.15, 0.2) is 0 Å². The van der Waals surface area contributed by atoms with Crippen LogP contribution in [0, 0.1) is 12.8 Å². The molecule has 2 atom stereocenters. The van der Waals surface area contributed by atoms with Gasteiger partial charge in [-0.3, -0.25) is 0 Å². The molecule has 0 radical (unpaired) electrons. The fourth-order valence-electron chi connectivity index (χ4n) is 2.13. The van der Waals surface area contributed by atoms with Crippen molar-refractivity contribution in [3.05, 3.63) is 17.6 Å². The van der Waals surface area contributed by atoms with Crippen molar-refractivity contribution in [3.8, 4) is 5.88 Å². The summed E-state index contributed by atoms with van der Waals surface area (Å²) in [5.74, 6) is 1.60. The fourth-order valence-corrected chi connectivity index (χ4v) is 2.99. The Kier molecular flexibility index (Phi) is 5.37. The summed E-state index contributed by atoms with van der Waals surface area (Å²) in [6, 6.07) is 0. The summed E-state index contributed by atoms with van der Waals surface area (Å²) in [4.78, 5) is 9.00. The van der Waals surface area contributed by atoms with Crippen molar-refractivity contribution in [1.82, 2.24) is 9.97 Å². The van der Waals surface area contributed by atoms with Gasteiger partial charge in [0.25, 0.3) is 0 Å². The van der Waals surface area contributed by atoms with Crippen molar-refractivity contribution >= 4 is 15.9 Å². The molecule has 0 saturated heterocycles. The van der Waals surface area contributed by atoms with Gasteiger partial charge in [0.1, 0.15) is 6.33 Å². The lowest BCUT2D eigenvalue weighted by molar-refractivity contribution is 0.321. The summed E-state index contributed by atoms with van der Waals surface area (Å²) in [6.45, 7) is 11.2. The Morgan fingerprint density at radius 2 is 1.94 bits per heavy atom. The molecule has 17 heavy (non-hydrogen) atoms. The molecule has 1 aromatic heterocycles. The van der Waals surface area contributed by atoms with Gasteiger partial charge in [0, 0.05) is 16.3 Å². The van der Waals surface area contributed by atoms with Crippen molar-refractivity contribution in [2.24, 2.45) is 5.92 Å². The van der Waals surface area contributed by atoms with E-state index in [0.29, 0.717) is 29.1 Å². The third-order valence-electron chi connectivity index (χ3n) is 2.89. The van der Waals surface area contributed by atoms with Crippen LogP contribution in [0.5, 0.6) is 5.88 Å². The topological polar surface area (TPSA) is 35.0 Å². The number of alkyl halides is 1. The van der Waals surface area contributed by atoms with Gasteiger partial charge in [-0.05, 0) is 19.8 Å². The van der Waals surface area contributed by atoms with Gasteiger partial charge in [-0.1, -0.05) is 36.7 Å². The zero-order chi connectivity index (χ0) is 13.0. The molecule has 1 aromatic rings. The molecule has 0 saturated carbocycles. The third kappa shape index (κ3) is 3.41. The Labute approximate surface area is 112 Å². The fraction of sp³-hybridized carbons (Fsp3) is 0.692. The first-order valence-electron chi connectivity index (χ1n) is 6.07. The number of hydrogen-bond donors (Lipinski definition) is 0. The highest BCUT2D eigenvalue weighted by Gasteiger charge is 2.25. The molecule has 0 aliphatic rings. The van der Waals surface area contributed by atoms with Crippen LogP contribution in [-0.2, 0) is 0 Å². The van der Waals surface area contributed by atoms with Gasteiger partial charge in [-0.2, -0.15) is 0 Å². The summed E-state index contributed by atoms with van der Waals surface area (Å²) in [5, 5.41) is 0. The number of hydrogen-bond acceptors (Lipinski definition) is 3. The minimum Gasteiger partial charge on any atom is -0.478 e. The molecule has 0 aliphatic heterocycles. The molecule has 0 aromatic carbocycles. The van der Waals surface area contributed by atoms with Gasteiger partial charge >= 0.3 is 0 Å². The Morgan fingerprint density at radius 1 is 1.29 bits per heavy atom. The van der Waals surface area contributed by atoms with E-state index < -0.39 is 0 Å². The quantitative estimate of drug-likeness (QED) is 0.778. The highest BCUT2D eigenvalue weighted by molar-refractivity contribution is 9.09. The second-order valence-electron chi connectivity index (χ2n) is 4.57. The number of nitrogens with zero attached hydrogens (tertiary/aromatic N) is 2. The molecular weight excluding hydrogens is 280 g/mol. The van der Waals surface area contributed by atoms with Gasteiger partial charge < -0.3 is 4.74 Å². The molecular formula is C13H21BrN2O. The van der Waals surface area contributed by atoms with E-state index in [0.717, 1.165) is 11.3 Å². The van der Waals surface area contributed by atoms with Crippen LogP contribution in [0.3, 0.4) is 0 Å². The Morgan fingerprint density at radius 3 is 2.41 bits per heavy atom. The Bertz CT molecular complexity index is 358. The lowest BCUT2D eigenvalue weighted by Gasteiger charge is -2.25. The van der Waals surface area contributed by atoms with Crippen molar-refractivity contribution < 1.29 is 4.74 Å². The van der Waals surface area contributed by atoms with Crippen LogP contribution in [0.2, 0.25) is 0 Å². The summed E-state index contributed by atoms with van der Waals surface area (Å²) in [5.41, 5.74) is 2.14. The molecule has 96 valence electrons. The second-order valence-corrected chi connectivity index (χ2v) is 6.01. The van der Waals surface area contributed by atoms with E-state index in [-0.39, 0.29) is 0 Å². The van der Waals surface area contributed by atoms with Crippen molar-refractivity contribution in [3.63, 3.8) is 0 Å². The SMILES string of the molecule is CCOc1ncnc(C(C(C)C)C(C)Br)c1C. The molecule has 1 heterocycles. The molecule has 3 nitrogen and oxygen atoms in total. The maximum Gasteiger partial charge on any atom is 0.219 e. The van der Waals surface area contributed by atoms with Gasteiger partial charge in [-0.25, -0.2) is 9.97 Å². The van der Waals surface area contributed by atoms with Gasteiger partial charge in [-0.15, -0.1) is 0 Å². The van der Waals surface area contributed by atoms with E-state index in [9.17, 15) is 0 Å². The van der Waals surface area contributed by atoms with Crippen molar-refractivity contribution in [2.75, 3.05) is 6.61 Å². The first-order chi connectivity index (χ1) is 7.99. The minimum atomic E-state index is 0.372. The second kappa shape index (κ2) is 6.34. The van der Waals surface area contributed by atoms with Gasteiger partial charge in [0.2, 0.25) is 5.88 Å². The number of rotatable bonds is 5. The zero-order valence-electron chi connectivity index (χ0n) is 11.2. The number of aromatic nitrogens is 2. The van der Waals surface area contributed by atoms with Crippen molar-refractivity contribution in [1.29, 1.82) is 0 Å². The molecule has 0 bridgehead atoms. The van der Waals surface area contributed by atoms with Crippen LogP contribution in [0.1, 0.15) is 44.9 Å². The maximum atomic E-state index is 5.52. The van der Waals surface area contributed by atoms with E-state index in [1.54, 1.807) is 6.33 Å². The molecule has 2 unspecified atom stereocenters. The van der Waals surface area contributed by atoms with E-state index in [1.807, 2.05) is 13.8 Å². The van der Waals surface area contributed by atoms with Crippen LogP contribution >= 0.6 is 15.9 Å². The highest BCUT2D eigenvalue weighted by atomic mass is 79.9. The first kappa shape index (κ1) is 14.4. The molecule has 0 spiro atoms. The predicted octanol–water partition coefficient (Wildman–Crippen LogP) is 3.71. The summed E-state index contributed by atoms with van der Waals surface area (Å²) in [7, 11) is 0. The van der Waals surface area contributed by atoms with Crippen LogP contribution < -0.4 is 4.74 Å². The van der Waals surface area contributed by atoms with E-state index >= 15 is 0 Å². The molecule has 0 aliphatic carbocycles. The molecule has 0 fully saturated rings. The molecule has 1 rings (SSSR count). The maximum absolute atomic E-state index is 5.52. The zero-order valence-corrected chi connectivity index (χ0v) is 12.8. The highest BCUT2D eigenvalue weighted by Crippen LogP contribution is 2.34.